The average molecular weight is 294 g/mol. The molecule has 0 heterocycles. The minimum atomic E-state index is -0.302. The summed E-state index contributed by atoms with van der Waals surface area (Å²) in [7, 11) is 3.45. The molecule has 2 nitrogen and oxygen atoms in total. The first-order valence-corrected chi connectivity index (χ1v) is 6.71. The van der Waals surface area contributed by atoms with E-state index in [1.54, 1.807) is 13.2 Å². The molecule has 2 aromatic carbocycles. The van der Waals surface area contributed by atoms with Gasteiger partial charge in [0.2, 0.25) is 0 Å². The largest absolute Gasteiger partial charge is 0.496 e. The van der Waals surface area contributed by atoms with Gasteiger partial charge in [0.05, 0.1) is 13.2 Å². The Balaban J connectivity index is 2.49. The maximum absolute atomic E-state index is 13.5. The van der Waals surface area contributed by atoms with Crippen molar-refractivity contribution in [3.05, 3.63) is 63.9 Å². The van der Waals surface area contributed by atoms with E-state index < -0.39 is 0 Å². The van der Waals surface area contributed by atoms with E-state index in [2.05, 4.69) is 5.32 Å². The number of halogens is 2. The van der Waals surface area contributed by atoms with Crippen molar-refractivity contribution in [2.24, 2.45) is 0 Å². The van der Waals surface area contributed by atoms with Crippen LogP contribution in [0, 0.1) is 12.7 Å². The van der Waals surface area contributed by atoms with Crippen molar-refractivity contribution in [2.75, 3.05) is 14.2 Å². The number of nitrogens with one attached hydrogen (secondary N) is 1. The van der Waals surface area contributed by atoms with Crippen LogP contribution in [0.5, 0.6) is 5.75 Å². The average Bonchev–Trinajstić information content (AvgIpc) is 2.45. The molecule has 2 aromatic rings. The van der Waals surface area contributed by atoms with E-state index in [-0.39, 0.29) is 11.9 Å². The molecule has 0 amide bonds. The lowest BCUT2D eigenvalue weighted by Gasteiger charge is -2.20. The molecule has 106 valence electrons. The Bertz CT molecular complexity index is 615. The molecular weight excluding hydrogens is 277 g/mol. The maximum atomic E-state index is 13.5. The van der Waals surface area contributed by atoms with Crippen molar-refractivity contribution in [1.29, 1.82) is 0 Å². The highest BCUT2D eigenvalue weighted by Gasteiger charge is 2.17. The van der Waals surface area contributed by atoms with Crippen LogP contribution in [-0.4, -0.2) is 14.2 Å². The first kappa shape index (κ1) is 14.8. The van der Waals surface area contributed by atoms with Gasteiger partial charge >= 0.3 is 0 Å². The summed E-state index contributed by atoms with van der Waals surface area (Å²) in [6.07, 6.45) is 0. The number of rotatable bonds is 4. The Morgan fingerprint density at radius 2 is 1.95 bits per heavy atom. The zero-order valence-electron chi connectivity index (χ0n) is 11.7. The molecule has 4 heteroatoms. The van der Waals surface area contributed by atoms with E-state index in [1.807, 2.05) is 32.2 Å². The van der Waals surface area contributed by atoms with Crippen molar-refractivity contribution in [3.8, 4) is 5.75 Å². The van der Waals surface area contributed by atoms with Crippen molar-refractivity contribution < 1.29 is 9.13 Å². The molecule has 0 aliphatic carbocycles. The Morgan fingerprint density at radius 3 is 2.60 bits per heavy atom. The molecule has 0 saturated carbocycles. The van der Waals surface area contributed by atoms with Gasteiger partial charge in [-0.05, 0) is 54.9 Å². The minimum Gasteiger partial charge on any atom is -0.496 e. The van der Waals surface area contributed by atoms with E-state index in [0.717, 1.165) is 16.9 Å². The van der Waals surface area contributed by atoms with Gasteiger partial charge in [-0.15, -0.1) is 0 Å². The van der Waals surface area contributed by atoms with Crippen LogP contribution in [-0.2, 0) is 0 Å². The fourth-order valence-corrected chi connectivity index (χ4v) is 2.48. The van der Waals surface area contributed by atoms with Crippen LogP contribution in [0.1, 0.15) is 22.7 Å². The third kappa shape index (κ3) is 2.94. The van der Waals surface area contributed by atoms with E-state index in [0.29, 0.717) is 10.6 Å². The molecule has 20 heavy (non-hydrogen) atoms. The van der Waals surface area contributed by atoms with Gasteiger partial charge < -0.3 is 10.1 Å². The predicted molar refractivity (Wildman–Crippen MR) is 80.0 cm³/mol. The Morgan fingerprint density at radius 1 is 1.20 bits per heavy atom. The summed E-state index contributed by atoms with van der Waals surface area (Å²) in [5.41, 5.74) is 2.74. The van der Waals surface area contributed by atoms with E-state index in [1.165, 1.54) is 12.1 Å². The first-order chi connectivity index (χ1) is 9.56. The molecule has 0 radical (unpaired) electrons. The third-order valence-electron chi connectivity index (χ3n) is 3.32. The molecular formula is C16H17ClFNO. The van der Waals surface area contributed by atoms with Crippen molar-refractivity contribution in [3.63, 3.8) is 0 Å². The van der Waals surface area contributed by atoms with Gasteiger partial charge in [-0.1, -0.05) is 23.7 Å². The highest BCUT2D eigenvalue weighted by atomic mass is 35.5. The van der Waals surface area contributed by atoms with Crippen molar-refractivity contribution >= 4 is 11.6 Å². The van der Waals surface area contributed by atoms with Crippen LogP contribution in [0.4, 0.5) is 4.39 Å². The van der Waals surface area contributed by atoms with Gasteiger partial charge in [0.1, 0.15) is 11.6 Å². The van der Waals surface area contributed by atoms with Crippen LogP contribution in [0.3, 0.4) is 0 Å². The highest BCUT2D eigenvalue weighted by Crippen LogP contribution is 2.31. The second kappa shape index (κ2) is 6.25. The Labute approximate surface area is 123 Å². The summed E-state index contributed by atoms with van der Waals surface area (Å²) >= 11 is 6.19. The quantitative estimate of drug-likeness (QED) is 0.916. The van der Waals surface area contributed by atoms with Crippen LogP contribution < -0.4 is 10.1 Å². The predicted octanol–water partition coefficient (Wildman–Crippen LogP) is 4.10. The summed E-state index contributed by atoms with van der Waals surface area (Å²) in [4.78, 5) is 0. The van der Waals surface area contributed by atoms with Gasteiger partial charge in [-0.25, -0.2) is 4.39 Å². The van der Waals surface area contributed by atoms with E-state index in [9.17, 15) is 4.39 Å². The van der Waals surface area contributed by atoms with Crippen molar-refractivity contribution in [2.45, 2.75) is 13.0 Å². The molecule has 2 rings (SSSR count). The van der Waals surface area contributed by atoms with Crippen LogP contribution >= 0.6 is 11.6 Å². The number of ether oxygens (including phenoxy) is 1. The number of benzene rings is 2. The maximum Gasteiger partial charge on any atom is 0.123 e. The zero-order chi connectivity index (χ0) is 14.7. The first-order valence-electron chi connectivity index (χ1n) is 6.33. The second-order valence-corrected chi connectivity index (χ2v) is 5.02. The van der Waals surface area contributed by atoms with Crippen LogP contribution in [0.2, 0.25) is 5.02 Å². The summed E-state index contributed by atoms with van der Waals surface area (Å²) in [5, 5.41) is 3.70. The number of aryl methyl sites for hydroxylation is 1. The summed E-state index contributed by atoms with van der Waals surface area (Å²) < 4.78 is 18.8. The van der Waals surface area contributed by atoms with Gasteiger partial charge in [0.15, 0.2) is 0 Å². The van der Waals surface area contributed by atoms with Gasteiger partial charge in [-0.2, -0.15) is 0 Å². The summed E-state index contributed by atoms with van der Waals surface area (Å²) in [6.45, 7) is 1.98. The Hall–Kier alpha value is -1.58. The summed E-state index contributed by atoms with van der Waals surface area (Å²) in [6, 6.07) is 10.1. The van der Waals surface area contributed by atoms with Crippen LogP contribution in [0.15, 0.2) is 36.4 Å². The van der Waals surface area contributed by atoms with Crippen LogP contribution in [0.25, 0.3) is 0 Å². The van der Waals surface area contributed by atoms with E-state index >= 15 is 0 Å². The highest BCUT2D eigenvalue weighted by molar-refractivity contribution is 6.31. The number of methoxy groups -OCH3 is 1. The van der Waals surface area contributed by atoms with Crippen molar-refractivity contribution in [1.82, 2.24) is 5.32 Å². The monoisotopic (exact) mass is 293 g/mol. The zero-order valence-corrected chi connectivity index (χ0v) is 12.5. The minimum absolute atomic E-state index is 0.187. The lowest BCUT2D eigenvalue weighted by molar-refractivity contribution is 0.410. The molecule has 1 atom stereocenters. The second-order valence-electron chi connectivity index (χ2n) is 4.62. The lowest BCUT2D eigenvalue weighted by Crippen LogP contribution is -2.18. The van der Waals surface area contributed by atoms with Gasteiger partial charge in [0.25, 0.3) is 0 Å². The molecule has 0 aromatic heterocycles. The third-order valence-corrected chi connectivity index (χ3v) is 3.67. The van der Waals surface area contributed by atoms with Gasteiger partial charge in [0, 0.05) is 5.02 Å². The fraction of sp³-hybridized carbons (Fsp3) is 0.250. The molecule has 1 N–H and O–H groups in total. The molecule has 0 bridgehead atoms. The number of hydrogen-bond acceptors (Lipinski definition) is 2. The standard InChI is InChI=1S/C16H17ClFNO/c1-10-4-5-11(8-15(10)20-3)16(19-2)13-9-12(18)6-7-14(13)17/h4-9,16,19H,1-3H3. The molecule has 0 spiro atoms. The van der Waals surface area contributed by atoms with E-state index in [4.69, 9.17) is 16.3 Å². The molecule has 0 aliphatic rings. The fourth-order valence-electron chi connectivity index (χ4n) is 2.25. The molecule has 0 saturated heterocycles. The number of hydrogen-bond donors (Lipinski definition) is 1. The molecule has 1 unspecified atom stereocenters. The lowest BCUT2D eigenvalue weighted by atomic mass is 9.97. The molecule has 0 fully saturated rings. The summed E-state index contributed by atoms with van der Waals surface area (Å²) in [5.74, 6) is 0.499. The SMILES string of the molecule is CNC(c1ccc(C)c(OC)c1)c1cc(F)ccc1Cl. The topological polar surface area (TPSA) is 21.3 Å². The Kier molecular flexibility index (Phi) is 4.63. The smallest absolute Gasteiger partial charge is 0.123 e. The molecule has 0 aliphatic heterocycles. The normalized spacial score (nSPS) is 12.2. The van der Waals surface area contributed by atoms with Gasteiger partial charge in [-0.3, -0.25) is 0 Å².